The van der Waals surface area contributed by atoms with Crippen molar-refractivity contribution < 1.29 is 13.6 Å². The molecule has 0 saturated carbocycles. The molecule has 6 nitrogen and oxygen atoms in total. The molecule has 0 spiro atoms. The third-order valence-corrected chi connectivity index (χ3v) is 3.50. The largest absolute Gasteiger partial charge is 0.354 e. The van der Waals surface area contributed by atoms with Crippen molar-refractivity contribution in [2.24, 2.45) is 0 Å². The number of anilines is 1. The van der Waals surface area contributed by atoms with E-state index in [2.05, 4.69) is 20.7 Å². The third kappa shape index (κ3) is 2.63. The van der Waals surface area contributed by atoms with Crippen molar-refractivity contribution in [3.63, 3.8) is 0 Å². The van der Waals surface area contributed by atoms with Crippen molar-refractivity contribution >= 4 is 11.9 Å². The van der Waals surface area contributed by atoms with E-state index in [4.69, 9.17) is 0 Å². The zero-order valence-corrected chi connectivity index (χ0v) is 11.9. The van der Waals surface area contributed by atoms with E-state index in [1.54, 1.807) is 11.6 Å². The number of nitrogens with one attached hydrogen (secondary N) is 2. The molecule has 1 aliphatic heterocycles. The molecule has 1 atom stereocenters. The number of nitrogens with zero attached hydrogens (tertiary/aromatic N) is 3. The van der Waals surface area contributed by atoms with E-state index in [1.807, 2.05) is 0 Å². The Morgan fingerprint density at radius 3 is 3.05 bits per heavy atom. The summed E-state index contributed by atoms with van der Waals surface area (Å²) >= 11 is 0. The average molecular weight is 307 g/mol. The number of hydrogen-bond donors (Lipinski definition) is 2. The molecule has 3 rings (SSSR count). The number of carbonyl (C=O) groups excluding carboxylic acids is 1. The van der Waals surface area contributed by atoms with Crippen LogP contribution in [0.3, 0.4) is 0 Å². The van der Waals surface area contributed by atoms with Crippen LogP contribution < -0.4 is 10.6 Å². The molecule has 0 radical (unpaired) electrons. The molecule has 0 fully saturated rings. The monoisotopic (exact) mass is 307 g/mol. The van der Waals surface area contributed by atoms with Crippen LogP contribution in [0.25, 0.3) is 0 Å². The summed E-state index contributed by atoms with van der Waals surface area (Å²) in [7, 11) is 0. The maximum atomic E-state index is 13.7. The lowest BCUT2D eigenvalue weighted by molar-refractivity contribution is 0.0928. The van der Waals surface area contributed by atoms with Crippen LogP contribution in [0.15, 0.2) is 18.2 Å². The first-order valence-corrected chi connectivity index (χ1v) is 7.00. The Kier molecular flexibility index (Phi) is 3.74. The van der Waals surface area contributed by atoms with Gasteiger partial charge in [-0.1, -0.05) is 12.1 Å². The normalized spacial score (nSPS) is 14.9. The van der Waals surface area contributed by atoms with E-state index in [9.17, 15) is 13.6 Å². The average Bonchev–Trinajstić information content (AvgIpc) is 2.94. The van der Waals surface area contributed by atoms with E-state index >= 15 is 0 Å². The van der Waals surface area contributed by atoms with Gasteiger partial charge in [0.1, 0.15) is 0 Å². The summed E-state index contributed by atoms with van der Waals surface area (Å²) in [6, 6.07) is 3.16. The van der Waals surface area contributed by atoms with Crippen LogP contribution in [0.4, 0.5) is 14.7 Å². The van der Waals surface area contributed by atoms with E-state index in [-0.39, 0.29) is 11.4 Å². The van der Waals surface area contributed by atoms with Gasteiger partial charge in [0.05, 0.1) is 6.04 Å². The molecule has 116 valence electrons. The molecule has 1 aromatic heterocycles. The van der Waals surface area contributed by atoms with Gasteiger partial charge in [-0.3, -0.25) is 4.79 Å². The molecule has 1 unspecified atom stereocenters. The molecule has 22 heavy (non-hydrogen) atoms. The Morgan fingerprint density at radius 2 is 2.27 bits per heavy atom. The Morgan fingerprint density at radius 1 is 1.45 bits per heavy atom. The van der Waals surface area contributed by atoms with Crippen molar-refractivity contribution in [2.45, 2.75) is 25.9 Å². The zero-order chi connectivity index (χ0) is 15.7. The van der Waals surface area contributed by atoms with Crippen molar-refractivity contribution in [2.75, 3.05) is 11.9 Å². The Bertz CT molecular complexity index is 692. The fraction of sp³-hybridized carbons (Fsp3) is 0.357. The molecular weight excluding hydrogens is 292 g/mol. The van der Waals surface area contributed by atoms with Crippen LogP contribution >= 0.6 is 0 Å². The van der Waals surface area contributed by atoms with Crippen LogP contribution in [0.2, 0.25) is 0 Å². The number of carbonyl (C=O) groups is 1. The summed E-state index contributed by atoms with van der Waals surface area (Å²) in [5.74, 6) is -1.89. The van der Waals surface area contributed by atoms with Crippen molar-refractivity contribution in [1.29, 1.82) is 0 Å². The molecule has 2 aromatic rings. The summed E-state index contributed by atoms with van der Waals surface area (Å²) in [5.41, 5.74) is 0.0791. The number of aryl methyl sites for hydroxylation is 1. The highest BCUT2D eigenvalue weighted by atomic mass is 19.2. The Labute approximate surface area is 125 Å². The number of hydrogen-bond acceptors (Lipinski definition) is 4. The van der Waals surface area contributed by atoms with Gasteiger partial charge in [0.2, 0.25) is 11.8 Å². The highest BCUT2D eigenvalue weighted by Gasteiger charge is 2.21. The smallest absolute Gasteiger partial charge is 0.291 e. The zero-order valence-electron chi connectivity index (χ0n) is 11.9. The SMILES string of the molecule is CC(NC(=O)c1nc2n(n1)CCCN2)c1cccc(F)c1F. The molecule has 0 aliphatic carbocycles. The second-order valence-corrected chi connectivity index (χ2v) is 5.10. The lowest BCUT2D eigenvalue weighted by atomic mass is 10.1. The van der Waals surface area contributed by atoms with Gasteiger partial charge >= 0.3 is 0 Å². The van der Waals surface area contributed by atoms with Gasteiger partial charge in [-0.15, -0.1) is 5.10 Å². The summed E-state index contributed by atoms with van der Waals surface area (Å²) in [6.07, 6.45) is 0.905. The first kappa shape index (κ1) is 14.4. The van der Waals surface area contributed by atoms with Crippen LogP contribution in [-0.2, 0) is 6.54 Å². The first-order valence-electron chi connectivity index (χ1n) is 7.00. The number of fused-ring (bicyclic) bond motifs is 1. The van der Waals surface area contributed by atoms with Crippen molar-refractivity contribution in [3.05, 3.63) is 41.2 Å². The van der Waals surface area contributed by atoms with Crippen LogP contribution in [0.1, 0.15) is 35.6 Å². The predicted molar refractivity (Wildman–Crippen MR) is 75.4 cm³/mol. The highest BCUT2D eigenvalue weighted by Crippen LogP contribution is 2.19. The molecule has 1 aromatic carbocycles. The minimum absolute atomic E-state index is 0.00746. The predicted octanol–water partition coefficient (Wildman–Crippen LogP) is 1.86. The molecular formula is C14H15F2N5O. The van der Waals surface area contributed by atoms with E-state index in [0.29, 0.717) is 12.5 Å². The lowest BCUT2D eigenvalue weighted by Crippen LogP contribution is -2.28. The molecule has 1 amide bonds. The van der Waals surface area contributed by atoms with Gasteiger partial charge in [-0.05, 0) is 19.4 Å². The van der Waals surface area contributed by atoms with Crippen LogP contribution in [0.5, 0.6) is 0 Å². The minimum Gasteiger partial charge on any atom is -0.354 e. The molecule has 0 saturated heterocycles. The summed E-state index contributed by atoms with van der Waals surface area (Å²) in [6.45, 7) is 3.05. The van der Waals surface area contributed by atoms with Gasteiger partial charge in [0.15, 0.2) is 11.6 Å². The quantitative estimate of drug-likeness (QED) is 0.908. The van der Waals surface area contributed by atoms with E-state index in [0.717, 1.165) is 19.0 Å². The Balaban J connectivity index is 1.76. The fourth-order valence-corrected chi connectivity index (χ4v) is 2.35. The van der Waals surface area contributed by atoms with Gasteiger partial charge in [-0.25, -0.2) is 13.5 Å². The highest BCUT2D eigenvalue weighted by molar-refractivity contribution is 5.91. The summed E-state index contributed by atoms with van der Waals surface area (Å²) < 4.78 is 28.6. The second kappa shape index (κ2) is 5.70. The number of benzene rings is 1. The first-order chi connectivity index (χ1) is 10.6. The topological polar surface area (TPSA) is 71.8 Å². The fourth-order valence-electron chi connectivity index (χ4n) is 2.35. The van der Waals surface area contributed by atoms with Gasteiger partial charge in [0, 0.05) is 18.7 Å². The number of rotatable bonds is 3. The summed E-state index contributed by atoms with van der Waals surface area (Å²) in [5, 5.41) is 9.72. The van der Waals surface area contributed by atoms with E-state index < -0.39 is 23.6 Å². The maximum absolute atomic E-state index is 13.7. The standard InChI is InChI=1S/C14H15F2N5O/c1-8(9-4-2-5-10(15)11(9)16)18-13(22)12-19-14-17-6-3-7-21(14)20-12/h2,4-5,8H,3,6-7H2,1H3,(H,18,22)(H,17,19,20). The van der Waals surface area contributed by atoms with Gasteiger partial charge < -0.3 is 10.6 Å². The molecule has 2 heterocycles. The van der Waals surface area contributed by atoms with Gasteiger partial charge in [0.25, 0.3) is 5.91 Å². The molecule has 2 N–H and O–H groups in total. The number of aromatic nitrogens is 3. The van der Waals surface area contributed by atoms with Crippen LogP contribution in [0, 0.1) is 11.6 Å². The minimum atomic E-state index is -0.964. The van der Waals surface area contributed by atoms with Crippen molar-refractivity contribution in [1.82, 2.24) is 20.1 Å². The molecule has 0 bridgehead atoms. The van der Waals surface area contributed by atoms with Crippen LogP contribution in [-0.4, -0.2) is 27.2 Å². The van der Waals surface area contributed by atoms with E-state index in [1.165, 1.54) is 12.1 Å². The second-order valence-electron chi connectivity index (χ2n) is 5.10. The lowest BCUT2D eigenvalue weighted by Gasteiger charge is -2.14. The number of amides is 1. The van der Waals surface area contributed by atoms with Gasteiger partial charge in [-0.2, -0.15) is 4.98 Å². The molecule has 1 aliphatic rings. The summed E-state index contributed by atoms with van der Waals surface area (Å²) in [4.78, 5) is 16.2. The molecule has 8 heteroatoms. The third-order valence-electron chi connectivity index (χ3n) is 3.50. The maximum Gasteiger partial charge on any atom is 0.291 e. The Hall–Kier alpha value is -2.51. The van der Waals surface area contributed by atoms with Crippen molar-refractivity contribution in [3.8, 4) is 0 Å². The number of halogens is 2.